The maximum Gasteiger partial charge on any atom is 0.0317 e. The first-order valence-corrected chi connectivity index (χ1v) is 7.42. The normalized spacial score (nSPS) is 12.7. The Hall–Kier alpha value is -0.820. The van der Waals surface area contributed by atoms with Gasteiger partial charge in [-0.25, -0.2) is 0 Å². The lowest BCUT2D eigenvalue weighted by atomic mass is 9.97. The molecule has 18 heavy (non-hydrogen) atoms. The Labute approximate surface area is 113 Å². The molecule has 1 nitrogen and oxygen atoms in total. The monoisotopic (exact) mass is 247 g/mol. The summed E-state index contributed by atoms with van der Waals surface area (Å²) < 4.78 is 0. The van der Waals surface area contributed by atoms with E-state index in [1.807, 2.05) is 0 Å². The summed E-state index contributed by atoms with van der Waals surface area (Å²) >= 11 is 0. The maximum atomic E-state index is 3.46. The molecular weight excluding hydrogens is 218 g/mol. The number of benzene rings is 1. The van der Waals surface area contributed by atoms with E-state index in [1.165, 1.54) is 55.2 Å². The Bertz CT molecular complexity index is 323. The zero-order valence-electron chi connectivity index (χ0n) is 12.6. The highest BCUT2D eigenvalue weighted by Crippen LogP contribution is 2.22. The molecule has 0 aliphatic heterocycles. The molecule has 1 aromatic carbocycles. The number of unbranched alkanes of at least 4 members (excludes halogenated alkanes) is 4. The third-order valence-corrected chi connectivity index (χ3v) is 3.59. The molecule has 102 valence electrons. The minimum atomic E-state index is 0.519. The van der Waals surface area contributed by atoms with E-state index in [2.05, 4.69) is 51.3 Å². The molecule has 0 aliphatic carbocycles. The number of nitrogens with one attached hydrogen (secondary N) is 1. The summed E-state index contributed by atoms with van der Waals surface area (Å²) in [6, 6.07) is 7.41. The fourth-order valence-electron chi connectivity index (χ4n) is 2.64. The van der Waals surface area contributed by atoms with Crippen molar-refractivity contribution in [1.29, 1.82) is 0 Å². The molecule has 0 amide bonds. The third-order valence-electron chi connectivity index (χ3n) is 3.59. The van der Waals surface area contributed by atoms with Crippen molar-refractivity contribution in [3.8, 4) is 0 Å². The minimum Gasteiger partial charge on any atom is -0.313 e. The van der Waals surface area contributed by atoms with Crippen molar-refractivity contribution in [2.24, 2.45) is 0 Å². The van der Waals surface area contributed by atoms with Gasteiger partial charge in [-0.05, 0) is 32.9 Å². The van der Waals surface area contributed by atoms with Crippen LogP contribution >= 0.6 is 0 Å². The van der Waals surface area contributed by atoms with Gasteiger partial charge >= 0.3 is 0 Å². The van der Waals surface area contributed by atoms with Crippen LogP contribution in [-0.2, 0) is 0 Å². The fourth-order valence-corrected chi connectivity index (χ4v) is 2.64. The smallest absolute Gasteiger partial charge is 0.0317 e. The molecule has 0 saturated carbocycles. The van der Waals surface area contributed by atoms with Crippen LogP contribution in [0.15, 0.2) is 18.2 Å². The van der Waals surface area contributed by atoms with Crippen LogP contribution in [0, 0.1) is 13.8 Å². The Morgan fingerprint density at radius 1 is 0.944 bits per heavy atom. The van der Waals surface area contributed by atoms with E-state index in [-0.39, 0.29) is 0 Å². The van der Waals surface area contributed by atoms with Crippen molar-refractivity contribution in [3.05, 3.63) is 34.9 Å². The van der Waals surface area contributed by atoms with E-state index in [0.717, 1.165) is 0 Å². The first-order valence-electron chi connectivity index (χ1n) is 7.42. The molecule has 1 aromatic rings. The Balaban J connectivity index is 2.49. The molecule has 1 heteroatoms. The van der Waals surface area contributed by atoms with E-state index in [4.69, 9.17) is 0 Å². The average molecular weight is 247 g/mol. The van der Waals surface area contributed by atoms with Gasteiger partial charge in [-0.1, -0.05) is 68.4 Å². The first kappa shape index (κ1) is 15.2. The molecule has 0 heterocycles. The summed E-state index contributed by atoms with van der Waals surface area (Å²) in [5.74, 6) is 0. The Morgan fingerprint density at radius 2 is 1.56 bits per heavy atom. The molecule has 0 saturated heterocycles. The third kappa shape index (κ3) is 5.22. The number of rotatable bonds is 8. The zero-order valence-corrected chi connectivity index (χ0v) is 12.6. The van der Waals surface area contributed by atoms with Crippen LogP contribution in [0.3, 0.4) is 0 Å². The van der Waals surface area contributed by atoms with Gasteiger partial charge in [0.1, 0.15) is 0 Å². The van der Waals surface area contributed by atoms with Crippen LogP contribution in [0.4, 0.5) is 0 Å². The molecule has 1 atom stereocenters. The van der Waals surface area contributed by atoms with Gasteiger partial charge in [0.2, 0.25) is 0 Å². The van der Waals surface area contributed by atoms with Crippen LogP contribution in [0.1, 0.15) is 68.2 Å². The Kier molecular flexibility index (Phi) is 7.04. The van der Waals surface area contributed by atoms with Crippen LogP contribution in [0.25, 0.3) is 0 Å². The van der Waals surface area contributed by atoms with Gasteiger partial charge < -0.3 is 5.32 Å². The fraction of sp³-hybridized carbons (Fsp3) is 0.647. The molecule has 0 radical (unpaired) electrons. The average Bonchev–Trinajstić information content (AvgIpc) is 2.32. The predicted octanol–water partition coefficient (Wildman–Crippen LogP) is 4.92. The molecule has 1 rings (SSSR count). The molecular formula is C17H29N. The summed E-state index contributed by atoms with van der Waals surface area (Å²) in [4.78, 5) is 0. The lowest BCUT2D eigenvalue weighted by Gasteiger charge is -2.18. The highest BCUT2D eigenvalue weighted by Gasteiger charge is 2.09. The van der Waals surface area contributed by atoms with Gasteiger partial charge in [0.05, 0.1) is 0 Å². The van der Waals surface area contributed by atoms with E-state index < -0.39 is 0 Å². The van der Waals surface area contributed by atoms with Gasteiger partial charge in [0.25, 0.3) is 0 Å². The van der Waals surface area contributed by atoms with Gasteiger partial charge in [0.15, 0.2) is 0 Å². The van der Waals surface area contributed by atoms with Crippen LogP contribution in [-0.4, -0.2) is 7.05 Å². The van der Waals surface area contributed by atoms with E-state index in [0.29, 0.717) is 6.04 Å². The van der Waals surface area contributed by atoms with Crippen LogP contribution < -0.4 is 5.32 Å². The highest BCUT2D eigenvalue weighted by molar-refractivity contribution is 5.30. The summed E-state index contributed by atoms with van der Waals surface area (Å²) in [5.41, 5.74) is 4.19. The molecule has 0 spiro atoms. The second-order valence-electron chi connectivity index (χ2n) is 5.47. The minimum absolute atomic E-state index is 0.519. The number of hydrogen-bond donors (Lipinski definition) is 1. The van der Waals surface area contributed by atoms with Gasteiger partial charge in [-0.3, -0.25) is 0 Å². The van der Waals surface area contributed by atoms with E-state index in [9.17, 15) is 0 Å². The lowest BCUT2D eigenvalue weighted by Crippen LogP contribution is -2.16. The lowest BCUT2D eigenvalue weighted by molar-refractivity contribution is 0.500. The molecule has 0 bridgehead atoms. The SMILES string of the molecule is CCCCCCCC(NC)c1cc(C)cc(C)c1. The van der Waals surface area contributed by atoms with E-state index >= 15 is 0 Å². The Morgan fingerprint density at radius 3 is 2.11 bits per heavy atom. The summed E-state index contributed by atoms with van der Waals surface area (Å²) in [6.45, 7) is 6.64. The van der Waals surface area contributed by atoms with Crippen LogP contribution in [0.2, 0.25) is 0 Å². The standard InChI is InChI=1S/C17H29N/c1-5-6-7-8-9-10-17(18-4)16-12-14(2)11-15(3)13-16/h11-13,17-18H,5-10H2,1-4H3. The zero-order chi connectivity index (χ0) is 13.4. The van der Waals surface area contributed by atoms with Crippen molar-refractivity contribution in [2.75, 3.05) is 7.05 Å². The number of hydrogen-bond acceptors (Lipinski definition) is 1. The molecule has 1 unspecified atom stereocenters. The first-order chi connectivity index (χ1) is 8.67. The summed E-state index contributed by atoms with van der Waals surface area (Å²) in [7, 11) is 2.08. The largest absolute Gasteiger partial charge is 0.313 e. The van der Waals surface area contributed by atoms with E-state index in [1.54, 1.807) is 0 Å². The summed E-state index contributed by atoms with van der Waals surface area (Å²) in [6.07, 6.45) is 8.05. The topological polar surface area (TPSA) is 12.0 Å². The second-order valence-corrected chi connectivity index (χ2v) is 5.47. The molecule has 0 aliphatic rings. The number of aryl methyl sites for hydroxylation is 2. The second kappa shape index (κ2) is 8.31. The molecule has 1 N–H and O–H groups in total. The van der Waals surface area contributed by atoms with Gasteiger partial charge in [-0.2, -0.15) is 0 Å². The van der Waals surface area contributed by atoms with Crippen molar-refractivity contribution in [2.45, 2.75) is 65.3 Å². The summed E-state index contributed by atoms with van der Waals surface area (Å²) in [5, 5.41) is 3.46. The highest BCUT2D eigenvalue weighted by atomic mass is 14.9. The van der Waals surface area contributed by atoms with Crippen molar-refractivity contribution in [3.63, 3.8) is 0 Å². The molecule has 0 aromatic heterocycles. The predicted molar refractivity (Wildman–Crippen MR) is 81.1 cm³/mol. The van der Waals surface area contributed by atoms with Gasteiger partial charge in [0, 0.05) is 6.04 Å². The quantitative estimate of drug-likeness (QED) is 0.643. The van der Waals surface area contributed by atoms with Gasteiger partial charge in [-0.15, -0.1) is 0 Å². The van der Waals surface area contributed by atoms with Crippen LogP contribution in [0.5, 0.6) is 0 Å². The van der Waals surface area contributed by atoms with Crippen molar-refractivity contribution < 1.29 is 0 Å². The van der Waals surface area contributed by atoms with Crippen molar-refractivity contribution >= 4 is 0 Å². The maximum absolute atomic E-state index is 3.46. The van der Waals surface area contributed by atoms with Crippen molar-refractivity contribution in [1.82, 2.24) is 5.32 Å². The molecule has 0 fully saturated rings.